The summed E-state index contributed by atoms with van der Waals surface area (Å²) in [6.45, 7) is 4.49. The van der Waals surface area contributed by atoms with Gasteiger partial charge in [0.25, 0.3) is 0 Å². The highest BCUT2D eigenvalue weighted by Crippen LogP contribution is 2.03. The van der Waals surface area contributed by atoms with E-state index in [0.717, 1.165) is 6.42 Å². The van der Waals surface area contributed by atoms with Crippen LogP contribution in [0.15, 0.2) is 0 Å². The second-order valence-electron chi connectivity index (χ2n) is 2.85. The second kappa shape index (κ2) is 6.01. The topological polar surface area (TPSA) is 37.4 Å². The van der Waals surface area contributed by atoms with Crippen LogP contribution >= 0.6 is 0 Å². The summed E-state index contributed by atoms with van der Waals surface area (Å²) in [5, 5.41) is 0. The molecule has 0 aliphatic rings. The monoisotopic (exact) mass is 203 g/mol. The normalized spacial score (nSPS) is 11.5. The van der Waals surface area contributed by atoms with Crippen molar-refractivity contribution in [1.82, 2.24) is 4.31 Å². The van der Waals surface area contributed by atoms with Gasteiger partial charge in [0.1, 0.15) is 0 Å². The molecule has 0 atom stereocenters. The van der Waals surface area contributed by atoms with Gasteiger partial charge in [0.05, 0.1) is 12.3 Å². The molecular weight excluding hydrogens is 186 g/mol. The van der Waals surface area contributed by atoms with Crippen molar-refractivity contribution in [1.29, 1.82) is 0 Å². The summed E-state index contributed by atoms with van der Waals surface area (Å²) in [5.74, 6) is 2.55. The summed E-state index contributed by atoms with van der Waals surface area (Å²) in [6, 6.07) is 0. The van der Waals surface area contributed by atoms with E-state index in [2.05, 4.69) is 5.92 Å². The molecule has 0 radical (unpaired) electrons. The van der Waals surface area contributed by atoms with E-state index < -0.39 is 10.0 Å². The summed E-state index contributed by atoms with van der Waals surface area (Å²) in [7, 11) is -3.11. The molecular formula is C9H17NO2S. The van der Waals surface area contributed by atoms with Gasteiger partial charge in [-0.05, 0) is 12.8 Å². The molecule has 76 valence electrons. The van der Waals surface area contributed by atoms with Gasteiger partial charge in [0.2, 0.25) is 10.0 Å². The summed E-state index contributed by atoms with van der Waals surface area (Å²) in [5.41, 5.74) is 0. The maximum absolute atomic E-state index is 11.5. The van der Waals surface area contributed by atoms with Crippen molar-refractivity contribution in [2.24, 2.45) is 0 Å². The minimum Gasteiger partial charge on any atom is -0.212 e. The lowest BCUT2D eigenvalue weighted by Gasteiger charge is -2.18. The Kier molecular flexibility index (Phi) is 5.76. The summed E-state index contributed by atoms with van der Waals surface area (Å²) in [4.78, 5) is 0. The van der Waals surface area contributed by atoms with Gasteiger partial charge in [-0.25, -0.2) is 8.42 Å². The van der Waals surface area contributed by atoms with Crippen LogP contribution in [0.2, 0.25) is 0 Å². The Balaban J connectivity index is 4.44. The van der Waals surface area contributed by atoms with Crippen LogP contribution in [-0.2, 0) is 10.0 Å². The molecule has 0 saturated carbocycles. The van der Waals surface area contributed by atoms with E-state index in [4.69, 9.17) is 6.42 Å². The molecule has 0 rings (SSSR count). The van der Waals surface area contributed by atoms with Crippen LogP contribution in [0.1, 0.15) is 26.7 Å². The standard InChI is InChI=1S/C9H17NO2S/c1-4-7-10(8-5-2)13(11,12)9-6-3/h1H,5-9H2,2-3H3. The van der Waals surface area contributed by atoms with Gasteiger partial charge in [-0.1, -0.05) is 19.8 Å². The molecule has 0 spiro atoms. The third-order valence-corrected chi connectivity index (χ3v) is 3.62. The highest BCUT2D eigenvalue weighted by molar-refractivity contribution is 7.89. The molecule has 0 heterocycles. The van der Waals surface area contributed by atoms with E-state index in [1.54, 1.807) is 0 Å². The first-order valence-corrected chi connectivity index (χ1v) is 6.10. The molecule has 0 unspecified atom stereocenters. The van der Waals surface area contributed by atoms with Crippen molar-refractivity contribution in [2.45, 2.75) is 26.7 Å². The average molecular weight is 203 g/mol. The Morgan fingerprint density at radius 3 is 2.31 bits per heavy atom. The number of terminal acetylenes is 1. The van der Waals surface area contributed by atoms with Crippen LogP contribution in [0.25, 0.3) is 0 Å². The van der Waals surface area contributed by atoms with Crippen molar-refractivity contribution >= 4 is 10.0 Å². The van der Waals surface area contributed by atoms with E-state index in [9.17, 15) is 8.42 Å². The van der Waals surface area contributed by atoms with Crippen LogP contribution in [0.5, 0.6) is 0 Å². The second-order valence-corrected chi connectivity index (χ2v) is 4.94. The first-order chi connectivity index (χ1) is 6.08. The first-order valence-electron chi connectivity index (χ1n) is 4.49. The summed E-state index contributed by atoms with van der Waals surface area (Å²) >= 11 is 0. The molecule has 0 fully saturated rings. The molecule has 0 aromatic rings. The molecule has 0 bridgehead atoms. The lowest BCUT2D eigenvalue weighted by molar-refractivity contribution is 0.445. The lowest BCUT2D eigenvalue weighted by atomic mass is 10.5. The molecule has 0 aromatic carbocycles. The van der Waals surface area contributed by atoms with E-state index in [1.807, 2.05) is 13.8 Å². The predicted molar refractivity (Wildman–Crippen MR) is 54.8 cm³/mol. The Hall–Kier alpha value is -0.530. The molecule has 4 heteroatoms. The maximum Gasteiger partial charge on any atom is 0.214 e. The lowest BCUT2D eigenvalue weighted by Crippen LogP contribution is -2.33. The minimum absolute atomic E-state index is 0.189. The zero-order valence-electron chi connectivity index (χ0n) is 8.28. The fourth-order valence-corrected chi connectivity index (χ4v) is 2.56. The maximum atomic E-state index is 11.5. The Morgan fingerprint density at radius 2 is 1.92 bits per heavy atom. The Morgan fingerprint density at radius 1 is 1.31 bits per heavy atom. The van der Waals surface area contributed by atoms with Crippen LogP contribution in [0.3, 0.4) is 0 Å². The molecule has 0 amide bonds. The van der Waals surface area contributed by atoms with Crippen LogP contribution in [0, 0.1) is 12.3 Å². The van der Waals surface area contributed by atoms with Crippen molar-refractivity contribution in [2.75, 3.05) is 18.8 Å². The molecule has 3 nitrogen and oxygen atoms in total. The number of rotatable bonds is 6. The SMILES string of the molecule is C#CCN(CCC)S(=O)(=O)CCC. The highest BCUT2D eigenvalue weighted by Gasteiger charge is 2.18. The molecule has 0 N–H and O–H groups in total. The molecule has 0 saturated heterocycles. The zero-order chi connectivity index (χ0) is 10.3. The largest absolute Gasteiger partial charge is 0.214 e. The van der Waals surface area contributed by atoms with Crippen molar-refractivity contribution in [3.05, 3.63) is 0 Å². The quantitative estimate of drug-likeness (QED) is 0.606. The predicted octanol–water partition coefficient (Wildman–Crippen LogP) is 1.07. The van der Waals surface area contributed by atoms with Gasteiger partial charge < -0.3 is 0 Å². The fourth-order valence-electron chi connectivity index (χ4n) is 1.05. The van der Waals surface area contributed by atoms with Crippen LogP contribution in [0.4, 0.5) is 0 Å². The number of hydrogen-bond acceptors (Lipinski definition) is 2. The Labute approximate surface area is 81.2 Å². The van der Waals surface area contributed by atoms with E-state index in [1.165, 1.54) is 4.31 Å². The van der Waals surface area contributed by atoms with E-state index >= 15 is 0 Å². The van der Waals surface area contributed by atoms with Gasteiger partial charge in [-0.2, -0.15) is 4.31 Å². The van der Waals surface area contributed by atoms with Crippen molar-refractivity contribution in [3.63, 3.8) is 0 Å². The fraction of sp³-hybridized carbons (Fsp3) is 0.778. The van der Waals surface area contributed by atoms with Gasteiger partial charge >= 0.3 is 0 Å². The van der Waals surface area contributed by atoms with Crippen molar-refractivity contribution in [3.8, 4) is 12.3 Å². The molecule has 0 aliphatic carbocycles. The Bertz CT molecular complexity index is 264. The van der Waals surface area contributed by atoms with Gasteiger partial charge in [-0.3, -0.25) is 0 Å². The number of hydrogen-bond donors (Lipinski definition) is 0. The third kappa shape index (κ3) is 4.30. The minimum atomic E-state index is -3.11. The van der Waals surface area contributed by atoms with E-state index in [0.29, 0.717) is 13.0 Å². The smallest absolute Gasteiger partial charge is 0.212 e. The van der Waals surface area contributed by atoms with Crippen molar-refractivity contribution < 1.29 is 8.42 Å². The average Bonchev–Trinajstić information content (AvgIpc) is 2.04. The highest BCUT2D eigenvalue weighted by atomic mass is 32.2. The van der Waals surface area contributed by atoms with Gasteiger partial charge in [0, 0.05) is 6.54 Å². The number of nitrogens with zero attached hydrogens (tertiary/aromatic N) is 1. The van der Waals surface area contributed by atoms with E-state index in [-0.39, 0.29) is 12.3 Å². The number of sulfonamides is 1. The van der Waals surface area contributed by atoms with Crippen LogP contribution < -0.4 is 0 Å². The molecule has 13 heavy (non-hydrogen) atoms. The molecule has 0 aromatic heterocycles. The first kappa shape index (κ1) is 12.5. The zero-order valence-corrected chi connectivity index (χ0v) is 9.10. The summed E-state index contributed by atoms with van der Waals surface area (Å²) in [6.07, 6.45) is 6.52. The third-order valence-electron chi connectivity index (χ3n) is 1.60. The van der Waals surface area contributed by atoms with Gasteiger partial charge in [-0.15, -0.1) is 6.42 Å². The van der Waals surface area contributed by atoms with Gasteiger partial charge in [0.15, 0.2) is 0 Å². The molecule has 0 aliphatic heterocycles. The van der Waals surface area contributed by atoms with Crippen LogP contribution in [-0.4, -0.2) is 31.6 Å². The summed E-state index contributed by atoms with van der Waals surface area (Å²) < 4.78 is 24.5.